The van der Waals surface area contributed by atoms with E-state index in [1.165, 1.54) is 61.7 Å². The molecule has 3 aliphatic rings. The average Bonchev–Trinajstić information content (AvgIpc) is 3.03. The molecule has 3 aliphatic carbocycles. The molecule has 0 amide bonds. The van der Waals surface area contributed by atoms with Gasteiger partial charge in [0.25, 0.3) is 0 Å². The van der Waals surface area contributed by atoms with Gasteiger partial charge in [0.2, 0.25) is 0 Å². The topological polar surface area (TPSA) is 20.2 Å². The highest BCUT2D eigenvalue weighted by atomic mass is 16.3. The maximum atomic E-state index is 10.7. The quantitative estimate of drug-likeness (QED) is 0.404. The van der Waals surface area contributed by atoms with E-state index in [-0.39, 0.29) is 11.5 Å². The van der Waals surface area contributed by atoms with E-state index < -0.39 is 0 Å². The smallest absolute Gasteiger partial charge is 0.0594 e. The highest BCUT2D eigenvalue weighted by Crippen LogP contribution is 2.70. The van der Waals surface area contributed by atoms with E-state index in [4.69, 9.17) is 0 Å². The SMILES string of the molecule is C=C(CC/C=C(\C)CCC=C(C)C)C1CCC2[C@@]1(C)CCC1C(C)(C)[C@@H](O)CC[C@@]12C. The minimum atomic E-state index is -0.131. The van der Waals surface area contributed by atoms with Crippen molar-refractivity contribution < 1.29 is 5.11 Å². The molecular formula is C30H50O. The Bertz CT molecular complexity index is 721. The second kappa shape index (κ2) is 9.20. The van der Waals surface area contributed by atoms with Crippen molar-refractivity contribution in [3.63, 3.8) is 0 Å². The summed E-state index contributed by atoms with van der Waals surface area (Å²) in [7, 11) is 0. The summed E-state index contributed by atoms with van der Waals surface area (Å²) in [5.41, 5.74) is 5.30. The van der Waals surface area contributed by atoms with Gasteiger partial charge in [-0.05, 0) is 119 Å². The molecule has 3 saturated carbocycles. The van der Waals surface area contributed by atoms with E-state index in [0.717, 1.165) is 25.2 Å². The third-order valence-electron chi connectivity index (χ3n) is 10.2. The number of hydrogen-bond donors (Lipinski definition) is 1. The van der Waals surface area contributed by atoms with Gasteiger partial charge in [-0.15, -0.1) is 0 Å². The molecule has 0 radical (unpaired) electrons. The van der Waals surface area contributed by atoms with E-state index in [2.05, 4.69) is 67.2 Å². The van der Waals surface area contributed by atoms with Gasteiger partial charge in [0, 0.05) is 0 Å². The van der Waals surface area contributed by atoms with Crippen molar-refractivity contribution in [3.8, 4) is 0 Å². The minimum absolute atomic E-state index is 0.0528. The first-order chi connectivity index (χ1) is 14.4. The molecule has 1 nitrogen and oxygen atoms in total. The molecule has 1 heteroatoms. The molecule has 6 atom stereocenters. The Morgan fingerprint density at radius 3 is 2.16 bits per heavy atom. The Kier molecular flexibility index (Phi) is 7.37. The van der Waals surface area contributed by atoms with Gasteiger partial charge < -0.3 is 5.11 Å². The van der Waals surface area contributed by atoms with Crippen molar-refractivity contribution in [2.75, 3.05) is 0 Å². The van der Waals surface area contributed by atoms with Crippen LogP contribution in [0.15, 0.2) is 35.5 Å². The molecule has 0 bridgehead atoms. The predicted molar refractivity (Wildman–Crippen MR) is 135 cm³/mol. The van der Waals surface area contributed by atoms with E-state index in [1.807, 2.05) is 0 Å². The Balaban J connectivity index is 1.64. The zero-order chi connectivity index (χ0) is 23.0. The summed E-state index contributed by atoms with van der Waals surface area (Å²) in [5, 5.41) is 10.7. The molecule has 0 saturated heterocycles. The monoisotopic (exact) mass is 426 g/mol. The molecular weight excluding hydrogens is 376 g/mol. The Labute approximate surface area is 193 Å². The van der Waals surface area contributed by atoms with Crippen LogP contribution in [0.2, 0.25) is 0 Å². The first kappa shape index (κ1) is 24.8. The third kappa shape index (κ3) is 4.64. The van der Waals surface area contributed by atoms with E-state index in [1.54, 1.807) is 0 Å². The van der Waals surface area contributed by atoms with Crippen LogP contribution in [0.25, 0.3) is 0 Å². The van der Waals surface area contributed by atoms with Crippen LogP contribution in [0.3, 0.4) is 0 Å². The molecule has 0 heterocycles. The lowest BCUT2D eigenvalue weighted by atomic mass is 9.42. The van der Waals surface area contributed by atoms with Crippen molar-refractivity contribution in [1.82, 2.24) is 0 Å². The largest absolute Gasteiger partial charge is 0.393 e. The summed E-state index contributed by atoms with van der Waals surface area (Å²) in [6, 6.07) is 0. The highest BCUT2D eigenvalue weighted by Gasteiger charge is 2.63. The van der Waals surface area contributed by atoms with Gasteiger partial charge in [-0.1, -0.05) is 63.1 Å². The van der Waals surface area contributed by atoms with Gasteiger partial charge in [0.1, 0.15) is 0 Å². The van der Waals surface area contributed by atoms with Crippen molar-refractivity contribution in [2.24, 2.45) is 34.0 Å². The predicted octanol–water partition coefficient (Wildman–Crippen LogP) is 8.65. The average molecular weight is 427 g/mol. The fraction of sp³-hybridized carbons (Fsp3) is 0.800. The lowest BCUT2D eigenvalue weighted by Crippen LogP contribution is -2.58. The number of allylic oxidation sites excluding steroid dienone is 5. The third-order valence-corrected chi connectivity index (χ3v) is 10.2. The van der Waals surface area contributed by atoms with Crippen LogP contribution in [0.4, 0.5) is 0 Å². The summed E-state index contributed by atoms with van der Waals surface area (Å²) in [6.07, 6.45) is 16.8. The molecule has 3 fully saturated rings. The lowest BCUT2D eigenvalue weighted by Gasteiger charge is -2.63. The van der Waals surface area contributed by atoms with Crippen LogP contribution in [-0.4, -0.2) is 11.2 Å². The molecule has 1 N–H and O–H groups in total. The number of aliphatic hydroxyl groups is 1. The summed E-state index contributed by atoms with van der Waals surface area (Å²) < 4.78 is 0. The Hall–Kier alpha value is -0.820. The van der Waals surface area contributed by atoms with Gasteiger partial charge in [0.05, 0.1) is 6.10 Å². The maximum Gasteiger partial charge on any atom is 0.0594 e. The van der Waals surface area contributed by atoms with Crippen molar-refractivity contribution in [1.29, 1.82) is 0 Å². The molecule has 0 aromatic rings. The summed E-state index contributed by atoms with van der Waals surface area (Å²) >= 11 is 0. The number of fused-ring (bicyclic) bond motifs is 3. The van der Waals surface area contributed by atoms with Crippen molar-refractivity contribution in [3.05, 3.63) is 35.5 Å². The zero-order valence-corrected chi connectivity index (χ0v) is 21.7. The maximum absolute atomic E-state index is 10.7. The van der Waals surface area contributed by atoms with Gasteiger partial charge >= 0.3 is 0 Å². The minimum Gasteiger partial charge on any atom is -0.393 e. The van der Waals surface area contributed by atoms with Crippen LogP contribution < -0.4 is 0 Å². The summed E-state index contributed by atoms with van der Waals surface area (Å²) in [4.78, 5) is 0. The van der Waals surface area contributed by atoms with E-state index in [9.17, 15) is 5.11 Å². The lowest BCUT2D eigenvalue weighted by molar-refractivity contribution is -0.166. The van der Waals surface area contributed by atoms with Gasteiger partial charge in [-0.25, -0.2) is 0 Å². The Morgan fingerprint density at radius 2 is 1.48 bits per heavy atom. The number of aliphatic hydroxyl groups excluding tert-OH is 1. The van der Waals surface area contributed by atoms with Crippen molar-refractivity contribution in [2.45, 2.75) is 119 Å². The fourth-order valence-electron chi connectivity index (χ4n) is 8.36. The molecule has 3 rings (SSSR count). The number of hydrogen-bond acceptors (Lipinski definition) is 1. The van der Waals surface area contributed by atoms with Crippen LogP contribution >= 0.6 is 0 Å². The van der Waals surface area contributed by atoms with E-state index >= 15 is 0 Å². The molecule has 176 valence electrons. The molecule has 3 unspecified atom stereocenters. The van der Waals surface area contributed by atoms with E-state index in [0.29, 0.717) is 22.7 Å². The zero-order valence-electron chi connectivity index (χ0n) is 21.7. The first-order valence-electron chi connectivity index (χ1n) is 13.1. The molecule has 0 aliphatic heterocycles. The fourth-order valence-corrected chi connectivity index (χ4v) is 8.36. The van der Waals surface area contributed by atoms with Crippen LogP contribution in [0.1, 0.15) is 113 Å². The molecule has 0 aromatic heterocycles. The number of rotatable bonds is 7. The second-order valence-corrected chi connectivity index (χ2v) is 12.7. The van der Waals surface area contributed by atoms with Gasteiger partial charge in [-0.2, -0.15) is 0 Å². The Morgan fingerprint density at radius 1 is 0.839 bits per heavy atom. The normalized spacial score (nSPS) is 39.5. The standard InChI is InChI=1S/C30H50O/c1-21(2)11-9-12-22(3)13-10-14-23(4)24-15-16-26-29(24,7)19-17-25-28(5,6)27(31)18-20-30(25,26)8/h11,13,24-27,31H,4,9-10,12,14-20H2,1-3,5-8H3/b22-13+/t24?,25?,26?,27-,29-,30-/m0/s1. The van der Waals surface area contributed by atoms with Gasteiger partial charge in [0.15, 0.2) is 0 Å². The van der Waals surface area contributed by atoms with Crippen LogP contribution in [-0.2, 0) is 0 Å². The first-order valence-corrected chi connectivity index (χ1v) is 13.1. The molecule has 0 spiro atoms. The molecule has 0 aromatic carbocycles. The van der Waals surface area contributed by atoms with Crippen molar-refractivity contribution >= 4 is 0 Å². The highest BCUT2D eigenvalue weighted by molar-refractivity contribution is 5.19. The van der Waals surface area contributed by atoms with Gasteiger partial charge in [-0.3, -0.25) is 0 Å². The summed E-state index contributed by atoms with van der Waals surface area (Å²) in [5.74, 6) is 2.12. The van der Waals surface area contributed by atoms with Crippen LogP contribution in [0, 0.1) is 34.0 Å². The van der Waals surface area contributed by atoms with Crippen LogP contribution in [0.5, 0.6) is 0 Å². The second-order valence-electron chi connectivity index (χ2n) is 12.7. The molecule has 31 heavy (non-hydrogen) atoms. The summed E-state index contributed by atoms with van der Waals surface area (Å²) in [6.45, 7) is 21.1.